The predicted molar refractivity (Wildman–Crippen MR) is 142 cm³/mol. The van der Waals surface area contributed by atoms with E-state index in [1.165, 1.54) is 38.4 Å². The molecule has 0 radical (unpaired) electrons. The van der Waals surface area contributed by atoms with Crippen LogP contribution in [0.1, 0.15) is 22.3 Å². The Labute approximate surface area is 191 Å². The lowest BCUT2D eigenvalue weighted by atomic mass is 10.0. The molecule has 0 atom stereocenters. The van der Waals surface area contributed by atoms with Gasteiger partial charge in [0.15, 0.2) is 0 Å². The van der Waals surface area contributed by atoms with Crippen molar-refractivity contribution in [2.24, 2.45) is 0 Å². The highest BCUT2D eigenvalue weighted by atomic mass is 32.4. The Morgan fingerprint density at radius 3 is 1.58 bits per heavy atom. The van der Waals surface area contributed by atoms with Gasteiger partial charge in [0, 0.05) is 12.2 Å². The van der Waals surface area contributed by atoms with Gasteiger partial charge in [0.2, 0.25) is 0 Å². The summed E-state index contributed by atoms with van der Waals surface area (Å²) in [5.74, 6) is 0. The van der Waals surface area contributed by atoms with Gasteiger partial charge in [-0.3, -0.25) is 0 Å². The molecule has 4 rings (SSSR count). The SMILES string of the molecule is Cc1ccc(/C=C(/CP(=S)(c2ccccc2)c2ccccc2)c2ccc(C)cc2)cc1. The molecule has 0 aliphatic heterocycles. The zero-order valence-electron chi connectivity index (χ0n) is 18.0. The van der Waals surface area contributed by atoms with Gasteiger partial charge in [-0.1, -0.05) is 138 Å². The second-order valence-corrected chi connectivity index (χ2v) is 12.7. The van der Waals surface area contributed by atoms with Crippen LogP contribution in [0.2, 0.25) is 0 Å². The van der Waals surface area contributed by atoms with Crippen molar-refractivity contribution >= 4 is 40.1 Å². The third kappa shape index (κ3) is 5.13. The molecule has 0 saturated carbocycles. The van der Waals surface area contributed by atoms with E-state index in [4.69, 9.17) is 11.8 Å². The lowest BCUT2D eigenvalue weighted by Gasteiger charge is -2.25. The van der Waals surface area contributed by atoms with Crippen LogP contribution in [0.3, 0.4) is 0 Å². The zero-order valence-corrected chi connectivity index (χ0v) is 19.7. The van der Waals surface area contributed by atoms with E-state index < -0.39 is 6.04 Å². The summed E-state index contributed by atoms with van der Waals surface area (Å²) in [7, 11) is 0. The summed E-state index contributed by atoms with van der Waals surface area (Å²) in [6, 6.07) is 36.9. The minimum atomic E-state index is -2.04. The van der Waals surface area contributed by atoms with E-state index >= 15 is 0 Å². The van der Waals surface area contributed by atoms with Gasteiger partial charge >= 0.3 is 0 Å². The molecule has 31 heavy (non-hydrogen) atoms. The molecule has 0 aromatic heterocycles. The highest BCUT2D eigenvalue weighted by Crippen LogP contribution is 2.47. The second kappa shape index (κ2) is 9.60. The summed E-state index contributed by atoms with van der Waals surface area (Å²) in [5.41, 5.74) is 6.28. The van der Waals surface area contributed by atoms with Crippen LogP contribution in [0.4, 0.5) is 0 Å². The zero-order chi connectivity index (χ0) is 21.7. The molecule has 154 valence electrons. The van der Waals surface area contributed by atoms with Crippen molar-refractivity contribution in [3.63, 3.8) is 0 Å². The number of aryl methyl sites for hydroxylation is 2. The van der Waals surface area contributed by atoms with E-state index in [2.05, 4.69) is 129 Å². The minimum absolute atomic E-state index is 0.841. The quantitative estimate of drug-likeness (QED) is 0.231. The first-order valence-electron chi connectivity index (χ1n) is 10.6. The highest BCUT2D eigenvalue weighted by Gasteiger charge is 2.24. The van der Waals surface area contributed by atoms with Crippen molar-refractivity contribution in [3.05, 3.63) is 131 Å². The van der Waals surface area contributed by atoms with E-state index in [0.717, 1.165) is 6.16 Å². The monoisotopic (exact) mass is 438 g/mol. The van der Waals surface area contributed by atoms with Gasteiger partial charge in [-0.2, -0.15) is 0 Å². The molecule has 0 N–H and O–H groups in total. The van der Waals surface area contributed by atoms with E-state index in [9.17, 15) is 0 Å². The molecule has 4 aromatic rings. The lowest BCUT2D eigenvalue weighted by molar-refractivity contribution is 1.44. The maximum Gasteiger partial charge on any atom is 0.0148 e. The molecule has 4 aromatic carbocycles. The van der Waals surface area contributed by atoms with Crippen molar-refractivity contribution in [1.29, 1.82) is 0 Å². The lowest BCUT2D eigenvalue weighted by Crippen LogP contribution is -2.18. The second-order valence-electron chi connectivity index (χ2n) is 8.02. The van der Waals surface area contributed by atoms with Crippen molar-refractivity contribution < 1.29 is 0 Å². The van der Waals surface area contributed by atoms with E-state index in [0.29, 0.717) is 0 Å². The molecule has 0 saturated heterocycles. The van der Waals surface area contributed by atoms with Gasteiger partial charge in [-0.05, 0) is 41.2 Å². The largest absolute Gasteiger partial charge is 0.0873 e. The molecular formula is C29H27PS. The number of benzene rings is 4. The Kier molecular flexibility index (Phi) is 6.66. The Bertz CT molecular complexity index is 1160. The first-order chi connectivity index (χ1) is 15.0. The first-order valence-corrected chi connectivity index (χ1v) is 13.6. The van der Waals surface area contributed by atoms with Crippen molar-refractivity contribution in [2.45, 2.75) is 13.8 Å². The Morgan fingerprint density at radius 2 is 1.10 bits per heavy atom. The maximum absolute atomic E-state index is 6.54. The molecule has 0 aliphatic rings. The fraction of sp³-hybridized carbons (Fsp3) is 0.103. The smallest absolute Gasteiger partial charge is 0.0148 e. The molecule has 0 bridgehead atoms. The third-order valence-corrected chi connectivity index (χ3v) is 10.3. The van der Waals surface area contributed by atoms with Crippen molar-refractivity contribution in [2.75, 3.05) is 6.16 Å². The molecule has 2 heteroatoms. The molecular weight excluding hydrogens is 411 g/mol. The summed E-state index contributed by atoms with van der Waals surface area (Å²) in [6.07, 6.45) is 3.16. The normalized spacial score (nSPS) is 12.0. The van der Waals surface area contributed by atoms with Crippen LogP contribution < -0.4 is 10.6 Å². The van der Waals surface area contributed by atoms with Crippen LogP contribution in [0.5, 0.6) is 0 Å². The average Bonchev–Trinajstić information content (AvgIpc) is 2.81. The molecule has 0 nitrogen and oxygen atoms in total. The molecule has 0 unspecified atom stereocenters. The summed E-state index contributed by atoms with van der Waals surface area (Å²) in [4.78, 5) is 0. The number of hydrogen-bond acceptors (Lipinski definition) is 1. The van der Waals surface area contributed by atoms with Crippen LogP contribution in [0.15, 0.2) is 109 Å². The van der Waals surface area contributed by atoms with Gasteiger partial charge in [-0.25, -0.2) is 0 Å². The third-order valence-electron chi connectivity index (χ3n) is 5.58. The number of hydrogen-bond donors (Lipinski definition) is 0. The van der Waals surface area contributed by atoms with Gasteiger partial charge in [-0.15, -0.1) is 0 Å². The van der Waals surface area contributed by atoms with Crippen LogP contribution in [0, 0.1) is 13.8 Å². The van der Waals surface area contributed by atoms with E-state index in [1.54, 1.807) is 0 Å². The average molecular weight is 439 g/mol. The Balaban J connectivity index is 1.86. The van der Waals surface area contributed by atoms with Crippen LogP contribution >= 0.6 is 6.04 Å². The summed E-state index contributed by atoms with van der Waals surface area (Å²) >= 11 is 6.54. The molecule has 0 spiro atoms. The van der Waals surface area contributed by atoms with Crippen LogP contribution in [-0.2, 0) is 11.8 Å². The number of rotatable bonds is 6. The molecule has 0 amide bonds. The van der Waals surface area contributed by atoms with Crippen LogP contribution in [-0.4, -0.2) is 6.16 Å². The Hall–Kier alpha value is -2.73. The maximum atomic E-state index is 6.54. The summed E-state index contributed by atoms with van der Waals surface area (Å²) < 4.78 is 0. The van der Waals surface area contributed by atoms with Crippen molar-refractivity contribution in [1.82, 2.24) is 0 Å². The van der Waals surface area contributed by atoms with Gasteiger partial charge in [0.1, 0.15) is 0 Å². The predicted octanol–water partition coefficient (Wildman–Crippen LogP) is 6.97. The fourth-order valence-electron chi connectivity index (χ4n) is 3.76. The van der Waals surface area contributed by atoms with Crippen molar-refractivity contribution in [3.8, 4) is 0 Å². The molecule has 0 heterocycles. The first kappa shape index (κ1) is 21.5. The van der Waals surface area contributed by atoms with Gasteiger partial charge in [0.25, 0.3) is 0 Å². The molecule has 0 fully saturated rings. The standard InChI is InChI=1S/C29H27PS/c1-23-13-17-25(18-14-23)21-27(26-19-15-24(2)16-20-26)22-30(31,28-9-5-3-6-10-28)29-11-7-4-8-12-29/h3-21H,22H2,1-2H3/b27-21-. The van der Waals surface area contributed by atoms with Gasteiger partial charge in [0.05, 0.1) is 0 Å². The van der Waals surface area contributed by atoms with Gasteiger partial charge < -0.3 is 0 Å². The summed E-state index contributed by atoms with van der Waals surface area (Å²) in [6.45, 7) is 4.25. The minimum Gasteiger partial charge on any atom is -0.0873 e. The highest BCUT2D eigenvalue weighted by molar-refractivity contribution is 8.22. The summed E-state index contributed by atoms with van der Waals surface area (Å²) in [5, 5.41) is 2.52. The fourth-order valence-corrected chi connectivity index (χ4v) is 7.63. The molecule has 0 aliphatic carbocycles. The Morgan fingerprint density at radius 1 is 0.645 bits per heavy atom. The van der Waals surface area contributed by atoms with E-state index in [-0.39, 0.29) is 0 Å². The van der Waals surface area contributed by atoms with Crippen LogP contribution in [0.25, 0.3) is 11.6 Å². The number of allylic oxidation sites excluding steroid dienone is 1. The van der Waals surface area contributed by atoms with E-state index in [1.807, 2.05) is 0 Å². The topological polar surface area (TPSA) is 0 Å².